The summed E-state index contributed by atoms with van der Waals surface area (Å²) in [5, 5.41) is 38.6. The summed E-state index contributed by atoms with van der Waals surface area (Å²) in [4.78, 5) is 5.01. The molecule has 0 saturated carbocycles. The zero-order chi connectivity index (χ0) is 78.7. The Hall–Kier alpha value is -14.5. The molecule has 0 amide bonds. The van der Waals surface area contributed by atoms with Gasteiger partial charge >= 0.3 is 0 Å². The van der Waals surface area contributed by atoms with Gasteiger partial charge in [0.05, 0.1) is 42.4 Å². The summed E-state index contributed by atoms with van der Waals surface area (Å²) in [6.07, 6.45) is 0. The summed E-state index contributed by atoms with van der Waals surface area (Å²) < 4.78 is 16.8. The SMILES string of the molecule is c1ccc(-c2ccc3sc4cc(Nc5cc6ccccc6c6ccccc56)ccc4c3n2)cc1.c1ccc(Nc2cc3ccccc3c3c2sc2ccccc23)cc1.c1ccc(Nc2ccc(-c3cccc4c3sc3ccccc34)cc2)cc1.c1ccc2c(c1)ccc1c3cccc(Nc4cccc5c4oc4ccc6ccccc6c45)c3sc21. The number of aromatic nitrogens is 1. The maximum atomic E-state index is 6.43. The molecule has 562 valence electrons. The quantitative estimate of drug-likeness (QED) is 0.102. The van der Waals surface area contributed by atoms with Gasteiger partial charge in [-0.3, -0.25) is 0 Å². The van der Waals surface area contributed by atoms with Crippen molar-refractivity contribution in [3.8, 4) is 22.4 Å². The van der Waals surface area contributed by atoms with Gasteiger partial charge in [0.15, 0.2) is 5.58 Å². The molecule has 0 atom stereocenters. The van der Waals surface area contributed by atoms with Crippen LogP contribution in [0.3, 0.4) is 0 Å². The molecule has 0 aliphatic carbocycles. The van der Waals surface area contributed by atoms with E-state index in [1.165, 1.54) is 151 Å². The largest absolute Gasteiger partial charge is 0.454 e. The average Bonchev–Trinajstić information content (AvgIpc) is 1.63. The van der Waals surface area contributed by atoms with Crippen molar-refractivity contribution in [1.82, 2.24) is 4.98 Å². The van der Waals surface area contributed by atoms with Crippen molar-refractivity contribution >= 4 is 247 Å². The molecule has 0 spiro atoms. The number of fused-ring (bicyclic) bond motifs is 24. The summed E-state index contributed by atoms with van der Waals surface area (Å²) >= 11 is 7.38. The van der Waals surface area contributed by atoms with E-state index in [9.17, 15) is 0 Å². The molecule has 10 heteroatoms. The number of pyridine rings is 1. The zero-order valence-electron chi connectivity index (χ0n) is 64.2. The van der Waals surface area contributed by atoms with Crippen LogP contribution in [0.25, 0.3) is 179 Å². The summed E-state index contributed by atoms with van der Waals surface area (Å²) in [6.45, 7) is 0. The Morgan fingerprint density at radius 2 is 0.731 bits per heavy atom. The highest BCUT2D eigenvalue weighted by Crippen LogP contribution is 2.48. The minimum Gasteiger partial charge on any atom is -0.454 e. The normalized spacial score (nSPS) is 11.5. The van der Waals surface area contributed by atoms with E-state index >= 15 is 0 Å². The fourth-order valence-electron chi connectivity index (χ4n) is 17.0. The molecule has 0 radical (unpaired) electrons. The summed E-state index contributed by atoms with van der Waals surface area (Å²) in [6, 6.07) is 144. The van der Waals surface area contributed by atoms with Gasteiger partial charge in [0.1, 0.15) is 5.58 Å². The highest BCUT2D eigenvalue weighted by atomic mass is 32.1. The second-order valence-electron chi connectivity index (χ2n) is 29.8. The fraction of sp³-hybridized carbons (Fsp3) is 0. The number of hydrogen-bond donors (Lipinski definition) is 4. The van der Waals surface area contributed by atoms with Crippen molar-refractivity contribution in [3.63, 3.8) is 0 Å². The minimum atomic E-state index is 0.891. The predicted molar refractivity (Wildman–Crippen MR) is 520 cm³/mol. The van der Waals surface area contributed by atoms with Gasteiger partial charge in [-0.25, -0.2) is 4.98 Å². The Labute approximate surface area is 701 Å². The van der Waals surface area contributed by atoms with Crippen LogP contribution < -0.4 is 21.3 Å². The monoisotopic (exact) mass is 1590 g/mol. The Kier molecular flexibility index (Phi) is 18.3. The average molecular weight is 1600 g/mol. The maximum Gasteiger partial charge on any atom is 0.158 e. The van der Waals surface area contributed by atoms with Crippen molar-refractivity contribution in [2.45, 2.75) is 0 Å². The van der Waals surface area contributed by atoms with Crippen LogP contribution in [0.2, 0.25) is 0 Å². The molecule has 0 saturated heterocycles. The maximum absolute atomic E-state index is 6.43. The first-order valence-corrected chi connectivity index (χ1v) is 43.2. The molecule has 0 bridgehead atoms. The number of para-hydroxylation sites is 3. The molecule has 0 aliphatic heterocycles. The lowest BCUT2D eigenvalue weighted by Crippen LogP contribution is -1.92. The molecule has 119 heavy (non-hydrogen) atoms. The zero-order valence-corrected chi connectivity index (χ0v) is 67.4. The third kappa shape index (κ3) is 13.4. The van der Waals surface area contributed by atoms with Crippen LogP contribution in [-0.2, 0) is 0 Å². The van der Waals surface area contributed by atoms with Crippen LogP contribution in [0.5, 0.6) is 0 Å². The van der Waals surface area contributed by atoms with Gasteiger partial charge in [-0.1, -0.05) is 297 Å². The Balaban J connectivity index is 0.0000000967. The van der Waals surface area contributed by atoms with Gasteiger partial charge < -0.3 is 25.7 Å². The lowest BCUT2D eigenvalue weighted by molar-refractivity contribution is 0.670. The van der Waals surface area contributed by atoms with Crippen molar-refractivity contribution in [3.05, 3.63) is 406 Å². The number of benzene rings is 19. The van der Waals surface area contributed by atoms with Crippen LogP contribution in [-0.4, -0.2) is 4.98 Å². The third-order valence-corrected chi connectivity index (χ3v) is 27.4. The van der Waals surface area contributed by atoms with Crippen molar-refractivity contribution < 1.29 is 4.42 Å². The smallest absolute Gasteiger partial charge is 0.158 e. The van der Waals surface area contributed by atoms with Crippen molar-refractivity contribution in [1.29, 1.82) is 0 Å². The number of thiophene rings is 4. The molecule has 25 aromatic rings. The Morgan fingerprint density at radius 3 is 1.49 bits per heavy atom. The van der Waals surface area contributed by atoms with Gasteiger partial charge in [0, 0.05) is 111 Å². The van der Waals surface area contributed by atoms with Crippen LogP contribution >= 0.6 is 45.3 Å². The molecule has 25 rings (SSSR count). The van der Waals surface area contributed by atoms with E-state index < -0.39 is 0 Å². The van der Waals surface area contributed by atoms with Gasteiger partial charge in [0.2, 0.25) is 0 Å². The van der Waals surface area contributed by atoms with E-state index in [0.717, 1.165) is 73.1 Å². The first-order valence-electron chi connectivity index (χ1n) is 39.9. The molecule has 0 unspecified atom stereocenters. The Bertz CT molecular complexity index is 8180. The van der Waals surface area contributed by atoms with Crippen LogP contribution in [0.15, 0.2) is 411 Å². The molecule has 0 aliphatic rings. The number of furan rings is 1. The summed E-state index contributed by atoms with van der Waals surface area (Å²) in [5.74, 6) is 0. The molecule has 6 aromatic heterocycles. The van der Waals surface area contributed by atoms with E-state index in [1.807, 2.05) is 64.3 Å². The second-order valence-corrected chi connectivity index (χ2v) is 34.1. The number of hydrogen-bond acceptors (Lipinski definition) is 10. The lowest BCUT2D eigenvalue weighted by Gasteiger charge is -2.13. The molecular weight excluding hydrogens is 1520 g/mol. The van der Waals surface area contributed by atoms with Crippen LogP contribution in [0, 0.1) is 0 Å². The van der Waals surface area contributed by atoms with Crippen LogP contribution in [0.1, 0.15) is 0 Å². The van der Waals surface area contributed by atoms with Gasteiger partial charge in [0.25, 0.3) is 0 Å². The van der Waals surface area contributed by atoms with E-state index in [-0.39, 0.29) is 0 Å². The number of rotatable bonds is 10. The number of anilines is 8. The first kappa shape index (κ1) is 71.1. The highest BCUT2D eigenvalue weighted by Gasteiger charge is 2.20. The van der Waals surface area contributed by atoms with E-state index in [4.69, 9.17) is 9.40 Å². The minimum absolute atomic E-state index is 0.891. The molecule has 4 N–H and O–H groups in total. The molecule has 19 aromatic carbocycles. The van der Waals surface area contributed by atoms with E-state index in [2.05, 4.69) is 397 Å². The molecular formula is C109H71N5OS4. The summed E-state index contributed by atoms with van der Waals surface area (Å²) in [7, 11) is 0. The number of nitrogens with one attached hydrogen (secondary N) is 4. The standard InChI is InChI=1S/C32H19NOS.C31H20N2S.C24H17NS.C22H15NS/c1-3-9-21-19(7-1)16-18-28-29(21)25-12-6-13-26(30(25)34-28)33-27-14-5-11-23-24-17-15-20-8-2-4-10-22(20)31(24)35-32(23)27;1-2-8-20(9-3-1)27-16-17-29-31(33-27)26-15-14-22(19-30(26)34-29)32-28-18-21-10-4-5-11-23(21)24-12-6-7-13-25(24)28;1-2-7-18(8-3-1)25-19-15-13-17(14-16-19)20-10-6-11-22-21-9-4-5-12-23(21)26-24(20)22;1-2-9-16(10-3-1)23-19-14-15-8-4-5-11-17(15)21-18-12-6-7-13-20(18)24-22(19)21/h1-18,33H;1-19,32H;1-16,25H;1-14,23H. The topological polar surface area (TPSA) is 74.2 Å². The third-order valence-electron chi connectivity index (χ3n) is 22.6. The van der Waals surface area contributed by atoms with Gasteiger partial charge in [-0.2, -0.15) is 0 Å². The lowest BCUT2D eigenvalue weighted by atomic mass is 10.00. The van der Waals surface area contributed by atoms with Gasteiger partial charge in [-0.15, -0.1) is 45.3 Å². The predicted octanol–water partition coefficient (Wildman–Crippen LogP) is 33.6. The van der Waals surface area contributed by atoms with E-state index in [0.29, 0.717) is 0 Å². The van der Waals surface area contributed by atoms with Crippen molar-refractivity contribution in [2.75, 3.05) is 21.3 Å². The second kappa shape index (κ2) is 30.6. The summed E-state index contributed by atoms with van der Waals surface area (Å²) in [5.41, 5.74) is 16.4. The Morgan fingerprint density at radius 1 is 0.218 bits per heavy atom. The fourth-order valence-corrected chi connectivity index (χ4v) is 21.8. The van der Waals surface area contributed by atoms with Crippen LogP contribution in [0.4, 0.5) is 45.5 Å². The first-order chi connectivity index (χ1) is 59.0. The van der Waals surface area contributed by atoms with E-state index in [1.54, 1.807) is 11.3 Å². The molecule has 6 nitrogen and oxygen atoms in total. The molecule has 6 heterocycles. The number of nitrogens with zero attached hydrogens (tertiary/aromatic N) is 1. The molecule has 0 fully saturated rings. The highest BCUT2D eigenvalue weighted by molar-refractivity contribution is 7.28. The van der Waals surface area contributed by atoms with Crippen molar-refractivity contribution in [2.24, 2.45) is 0 Å². The van der Waals surface area contributed by atoms with Gasteiger partial charge in [-0.05, 0) is 169 Å².